The number of hydrogen-bond donors (Lipinski definition) is 0. The SMILES string of the molecule is CCCCCCc1cc(CCCCCC)cc([Si](C2=C(C(C)CC)[C]([Ti+3])=CC2)(c2cc(CCCCCC)cc(CCCCCC)c2)c2cc(CCCCCC)cc(CCCCCC)c2)c1.[Cl-].[Cl-].[Cl-]. The Morgan fingerprint density at radius 2 is 0.632 bits per heavy atom. The first-order chi connectivity index (χ1) is 31.8. The van der Waals surface area contributed by atoms with Crippen LogP contribution < -0.4 is 52.8 Å². The van der Waals surface area contributed by atoms with Gasteiger partial charge in [-0.25, -0.2) is 0 Å². The van der Waals surface area contributed by atoms with Gasteiger partial charge < -0.3 is 37.2 Å². The Balaban J connectivity index is 0.00000771. The zero-order valence-corrected chi connectivity index (χ0v) is 49.9. The molecule has 0 amide bonds. The number of hydrogen-bond acceptors (Lipinski definition) is 0. The molecule has 1 aliphatic carbocycles. The molecule has 3 aromatic carbocycles. The van der Waals surface area contributed by atoms with Crippen LogP contribution in [-0.4, -0.2) is 8.07 Å². The molecule has 0 heterocycles. The van der Waals surface area contributed by atoms with Gasteiger partial charge in [0.2, 0.25) is 0 Å². The van der Waals surface area contributed by atoms with Crippen LogP contribution >= 0.6 is 0 Å². The minimum absolute atomic E-state index is 0. The normalized spacial score (nSPS) is 13.0. The van der Waals surface area contributed by atoms with Gasteiger partial charge in [0.15, 0.2) is 0 Å². The van der Waals surface area contributed by atoms with Gasteiger partial charge in [-0.15, -0.1) is 0 Å². The number of benzene rings is 3. The fourth-order valence-electron chi connectivity index (χ4n) is 11.1. The van der Waals surface area contributed by atoms with E-state index in [0.29, 0.717) is 5.92 Å². The second kappa shape index (κ2) is 37.7. The Morgan fingerprint density at radius 1 is 0.382 bits per heavy atom. The first-order valence-corrected chi connectivity index (χ1v) is 31.1. The van der Waals surface area contributed by atoms with Crippen LogP contribution in [0.1, 0.15) is 256 Å². The van der Waals surface area contributed by atoms with Crippen molar-refractivity contribution in [1.29, 1.82) is 0 Å². The van der Waals surface area contributed by atoms with E-state index in [4.69, 9.17) is 0 Å². The third-order valence-electron chi connectivity index (χ3n) is 15.1. The van der Waals surface area contributed by atoms with Crippen molar-refractivity contribution < 1.29 is 57.7 Å². The molecule has 3 aromatic rings. The fourth-order valence-corrected chi connectivity index (χ4v) is 17.7. The summed E-state index contributed by atoms with van der Waals surface area (Å²) in [6, 6.07) is 25.0. The maximum absolute atomic E-state index is 2.86. The van der Waals surface area contributed by atoms with Gasteiger partial charge in [0.25, 0.3) is 0 Å². The first kappa shape index (κ1) is 65.0. The minimum atomic E-state index is -2.86. The van der Waals surface area contributed by atoms with E-state index in [9.17, 15) is 0 Å². The topological polar surface area (TPSA) is 0 Å². The molecule has 68 heavy (non-hydrogen) atoms. The van der Waals surface area contributed by atoms with E-state index in [1.807, 2.05) is 5.20 Å². The standard InChI is InChI=1S/C63H99Si.3ClH.Ti/c1-9-16-22-28-35-53-43-54(36-29-23-17-10-2)47-59(46-53)64(63-42-34-41-62(63)52(8)15-7,60-48-55(37-30-24-18-11-3)44-56(49-60)38-31-25-19-12-4)61-50-57(39-32-26-20-13-5)45-58(51-61)40-33-27-21-14-6;;;;/h34,43-52H,9-33,35-40,42H2,1-8H3;3*1H;/q;;;;+3/p-3. The van der Waals surface area contributed by atoms with Gasteiger partial charge in [-0.1, -0.05) is 41.5 Å². The molecule has 1 aliphatic rings. The van der Waals surface area contributed by atoms with E-state index < -0.39 is 8.07 Å². The molecule has 0 radical (unpaired) electrons. The summed E-state index contributed by atoms with van der Waals surface area (Å²) >= 11 is 2.48. The Bertz CT molecular complexity index is 1600. The predicted octanol–water partition coefficient (Wildman–Crippen LogP) is 8.62. The van der Waals surface area contributed by atoms with Gasteiger partial charge in [-0.2, -0.15) is 0 Å². The molecule has 4 rings (SSSR count). The van der Waals surface area contributed by atoms with Crippen molar-refractivity contribution in [2.75, 3.05) is 0 Å². The second-order valence-electron chi connectivity index (χ2n) is 20.8. The number of allylic oxidation sites excluding steroid dienone is 4. The number of halogens is 3. The van der Waals surface area contributed by atoms with Gasteiger partial charge in [0, 0.05) is 0 Å². The third-order valence-corrected chi connectivity index (χ3v) is 20.6. The minimum Gasteiger partial charge on any atom is -1.00 e. The summed E-state index contributed by atoms with van der Waals surface area (Å²) in [5.41, 5.74) is 11.4. The zero-order valence-electron chi connectivity index (χ0n) is 45.1. The van der Waals surface area contributed by atoms with Crippen LogP contribution in [0.15, 0.2) is 75.3 Å². The number of rotatable bonds is 36. The van der Waals surface area contributed by atoms with Crippen molar-refractivity contribution in [2.24, 2.45) is 5.92 Å². The molecule has 0 aromatic heterocycles. The Hall–Kier alpha value is -1.06. The maximum Gasteiger partial charge on any atom is -1.00 e. The Labute approximate surface area is 453 Å². The van der Waals surface area contributed by atoms with Gasteiger partial charge in [0.1, 0.15) is 0 Å². The average molecular weight is 1040 g/mol. The summed E-state index contributed by atoms with van der Waals surface area (Å²) in [6.07, 6.45) is 43.8. The molecule has 0 saturated heterocycles. The first-order valence-electron chi connectivity index (χ1n) is 28.3. The monoisotopic (exact) mass is 1040 g/mol. The third kappa shape index (κ3) is 20.5. The number of aryl methyl sites for hydroxylation is 6. The second-order valence-corrected chi connectivity index (χ2v) is 25.4. The molecular weight excluding hydrogens is 939 g/mol. The van der Waals surface area contributed by atoms with Crippen LogP contribution in [0.2, 0.25) is 0 Å². The van der Waals surface area contributed by atoms with E-state index >= 15 is 0 Å². The fraction of sp³-hybridized carbons (Fsp3) is 0.651. The van der Waals surface area contributed by atoms with Crippen LogP contribution in [0.5, 0.6) is 0 Å². The molecule has 0 N–H and O–H groups in total. The quantitative estimate of drug-likeness (QED) is 0.0311. The summed E-state index contributed by atoms with van der Waals surface area (Å²) in [5, 5.41) is 6.93. The molecule has 0 spiro atoms. The summed E-state index contributed by atoms with van der Waals surface area (Å²) in [4.78, 5) is 0. The molecule has 1 unspecified atom stereocenters. The van der Waals surface area contributed by atoms with Crippen molar-refractivity contribution in [3.05, 3.63) is 109 Å². The van der Waals surface area contributed by atoms with Gasteiger partial charge >= 0.3 is 378 Å². The molecule has 380 valence electrons. The van der Waals surface area contributed by atoms with Crippen molar-refractivity contribution >= 4 is 23.6 Å². The molecule has 0 nitrogen and oxygen atoms in total. The summed E-state index contributed by atoms with van der Waals surface area (Å²) < 4.78 is 1.56. The summed E-state index contributed by atoms with van der Waals surface area (Å²) in [5.74, 6) is 0.540. The van der Waals surface area contributed by atoms with E-state index in [-0.39, 0.29) is 37.2 Å². The molecule has 0 aliphatic heterocycles. The largest absolute Gasteiger partial charge is 1.00 e. The Morgan fingerprint density at radius 3 is 0.853 bits per heavy atom. The molecular formula is C63H99Cl3SiTi. The van der Waals surface area contributed by atoms with E-state index in [1.165, 1.54) is 199 Å². The van der Waals surface area contributed by atoms with Gasteiger partial charge in [-0.05, 0) is 0 Å². The van der Waals surface area contributed by atoms with Crippen LogP contribution in [0, 0.1) is 5.92 Å². The summed E-state index contributed by atoms with van der Waals surface area (Å²) in [7, 11) is -2.86. The van der Waals surface area contributed by atoms with E-state index in [2.05, 4.69) is 136 Å². The van der Waals surface area contributed by atoms with Crippen molar-refractivity contribution in [3.8, 4) is 0 Å². The van der Waals surface area contributed by atoms with Crippen LogP contribution in [0.25, 0.3) is 0 Å². The molecule has 0 fully saturated rings. The average Bonchev–Trinajstić information content (AvgIpc) is 3.70. The van der Waals surface area contributed by atoms with Crippen LogP contribution in [0.4, 0.5) is 0 Å². The predicted molar refractivity (Wildman–Crippen MR) is 290 cm³/mol. The van der Waals surface area contributed by atoms with Gasteiger partial charge in [-0.3, -0.25) is 0 Å². The van der Waals surface area contributed by atoms with Crippen LogP contribution in [0.3, 0.4) is 0 Å². The maximum atomic E-state index is 2.83. The van der Waals surface area contributed by atoms with Crippen molar-refractivity contribution in [3.63, 3.8) is 0 Å². The van der Waals surface area contributed by atoms with Crippen LogP contribution in [-0.2, 0) is 59.0 Å². The zero-order chi connectivity index (χ0) is 46.7. The smallest absolute Gasteiger partial charge is 1.00 e. The van der Waals surface area contributed by atoms with Crippen molar-refractivity contribution in [1.82, 2.24) is 0 Å². The molecule has 1 atom stereocenters. The van der Waals surface area contributed by atoms with Crippen molar-refractivity contribution in [2.45, 2.75) is 261 Å². The number of unbranched alkanes of at least 4 members (excludes halogenated alkanes) is 18. The molecule has 0 bridgehead atoms. The van der Waals surface area contributed by atoms with E-state index in [0.717, 1.165) is 6.42 Å². The van der Waals surface area contributed by atoms with Gasteiger partial charge in [0.05, 0.1) is 0 Å². The Kier molecular flexibility index (Phi) is 36.0. The molecule has 5 heteroatoms. The summed E-state index contributed by atoms with van der Waals surface area (Å²) in [6.45, 7) is 19.2. The van der Waals surface area contributed by atoms with E-state index in [1.54, 1.807) is 58.4 Å². The molecule has 0 saturated carbocycles.